The van der Waals surface area contributed by atoms with Gasteiger partial charge in [0.1, 0.15) is 5.75 Å². The molecule has 2 aromatic rings. The molecule has 3 rings (SSSR count). The Morgan fingerprint density at radius 3 is 2.86 bits per heavy atom. The van der Waals surface area contributed by atoms with Crippen molar-refractivity contribution in [3.05, 3.63) is 58.6 Å². The number of nitrogens with two attached hydrogens (primary N) is 1. The van der Waals surface area contributed by atoms with Crippen molar-refractivity contribution in [3.63, 3.8) is 0 Å². The molecule has 0 aliphatic heterocycles. The highest BCUT2D eigenvalue weighted by Crippen LogP contribution is 2.40. The minimum atomic E-state index is 0.0211. The van der Waals surface area contributed by atoms with Gasteiger partial charge in [-0.15, -0.1) is 11.8 Å². The quantitative estimate of drug-likeness (QED) is 0.907. The van der Waals surface area contributed by atoms with Gasteiger partial charge in [-0.1, -0.05) is 23.7 Å². The predicted molar refractivity (Wildman–Crippen MR) is 89.3 cm³/mol. The molecule has 2 unspecified atom stereocenters. The monoisotopic (exact) mass is 319 g/mol. The van der Waals surface area contributed by atoms with E-state index in [0.717, 1.165) is 23.6 Å². The number of benzene rings is 2. The normalized spacial score (nSPS) is 20.9. The molecule has 2 atom stereocenters. The van der Waals surface area contributed by atoms with Crippen LogP contribution in [-0.4, -0.2) is 12.4 Å². The largest absolute Gasteiger partial charge is 0.497 e. The predicted octanol–water partition coefficient (Wildman–Crippen LogP) is 4.46. The van der Waals surface area contributed by atoms with Crippen molar-refractivity contribution in [1.29, 1.82) is 0 Å². The van der Waals surface area contributed by atoms with E-state index < -0.39 is 0 Å². The van der Waals surface area contributed by atoms with E-state index in [-0.39, 0.29) is 6.04 Å². The Kier molecular flexibility index (Phi) is 4.43. The maximum absolute atomic E-state index is 6.49. The molecule has 2 nitrogen and oxygen atoms in total. The highest BCUT2D eigenvalue weighted by Gasteiger charge is 2.27. The van der Waals surface area contributed by atoms with Crippen molar-refractivity contribution in [2.24, 2.45) is 5.73 Å². The molecule has 0 saturated heterocycles. The van der Waals surface area contributed by atoms with Gasteiger partial charge in [0.2, 0.25) is 0 Å². The zero-order valence-corrected chi connectivity index (χ0v) is 13.5. The Bertz CT molecular complexity index is 646. The van der Waals surface area contributed by atoms with Crippen LogP contribution < -0.4 is 10.5 Å². The topological polar surface area (TPSA) is 35.2 Å². The van der Waals surface area contributed by atoms with E-state index in [1.54, 1.807) is 7.11 Å². The first-order valence-corrected chi connectivity index (χ1v) is 8.28. The Balaban J connectivity index is 1.82. The van der Waals surface area contributed by atoms with Gasteiger partial charge in [0, 0.05) is 21.2 Å². The lowest BCUT2D eigenvalue weighted by Gasteiger charge is -2.31. The van der Waals surface area contributed by atoms with Crippen molar-refractivity contribution >= 4 is 23.4 Å². The van der Waals surface area contributed by atoms with Crippen LogP contribution >= 0.6 is 23.4 Å². The number of halogens is 1. The summed E-state index contributed by atoms with van der Waals surface area (Å²) in [6.45, 7) is 0. The molecule has 0 saturated carbocycles. The number of methoxy groups -OCH3 is 1. The zero-order valence-electron chi connectivity index (χ0n) is 11.9. The van der Waals surface area contributed by atoms with Gasteiger partial charge < -0.3 is 10.5 Å². The Morgan fingerprint density at radius 2 is 2.10 bits per heavy atom. The average molecular weight is 320 g/mol. The molecular formula is C17H18ClNOS. The fraction of sp³-hybridized carbons (Fsp3) is 0.294. The first kappa shape index (κ1) is 14.8. The molecule has 0 radical (unpaired) electrons. The van der Waals surface area contributed by atoms with Crippen LogP contribution in [0.1, 0.15) is 23.6 Å². The number of hydrogen-bond donors (Lipinski definition) is 1. The molecule has 0 spiro atoms. The van der Waals surface area contributed by atoms with E-state index in [0.29, 0.717) is 5.25 Å². The lowest BCUT2D eigenvalue weighted by atomic mass is 9.87. The first-order valence-electron chi connectivity index (χ1n) is 7.02. The van der Waals surface area contributed by atoms with Crippen LogP contribution in [0.25, 0.3) is 0 Å². The van der Waals surface area contributed by atoms with Gasteiger partial charge in [0.15, 0.2) is 0 Å². The van der Waals surface area contributed by atoms with Gasteiger partial charge in [0.05, 0.1) is 7.11 Å². The standard InChI is InChI=1S/C17H18ClNOS/c1-20-13-7-5-11-6-8-16(17(19)15(11)10-13)21-14-4-2-3-12(18)9-14/h2-5,7,9-10,16-17H,6,8,19H2,1H3. The van der Waals surface area contributed by atoms with Crippen LogP contribution in [-0.2, 0) is 6.42 Å². The molecule has 0 heterocycles. The number of aryl methyl sites for hydroxylation is 1. The fourth-order valence-electron chi connectivity index (χ4n) is 2.76. The molecule has 2 aromatic carbocycles. The lowest BCUT2D eigenvalue weighted by Crippen LogP contribution is -2.29. The van der Waals surface area contributed by atoms with E-state index in [1.807, 2.05) is 36.0 Å². The summed E-state index contributed by atoms with van der Waals surface area (Å²) in [5.74, 6) is 0.873. The first-order chi connectivity index (χ1) is 10.2. The van der Waals surface area contributed by atoms with Gasteiger partial charge in [-0.05, 0) is 54.3 Å². The maximum Gasteiger partial charge on any atom is 0.119 e. The molecule has 0 amide bonds. The fourth-order valence-corrected chi connectivity index (χ4v) is 4.25. The van der Waals surface area contributed by atoms with Crippen LogP contribution in [0.15, 0.2) is 47.4 Å². The molecule has 0 fully saturated rings. The molecule has 2 N–H and O–H groups in total. The molecule has 110 valence electrons. The summed E-state index contributed by atoms with van der Waals surface area (Å²) in [7, 11) is 1.69. The molecule has 4 heteroatoms. The number of hydrogen-bond acceptors (Lipinski definition) is 3. The summed E-state index contributed by atoms with van der Waals surface area (Å²) in [5, 5.41) is 1.13. The van der Waals surface area contributed by atoms with E-state index >= 15 is 0 Å². The maximum atomic E-state index is 6.49. The second-order valence-electron chi connectivity index (χ2n) is 5.24. The smallest absolute Gasteiger partial charge is 0.119 e. The second-order valence-corrected chi connectivity index (χ2v) is 6.99. The lowest BCUT2D eigenvalue weighted by molar-refractivity contribution is 0.412. The third-order valence-electron chi connectivity index (χ3n) is 3.89. The Labute approximate surface area is 134 Å². The summed E-state index contributed by atoms with van der Waals surface area (Å²) in [4.78, 5) is 1.18. The second kappa shape index (κ2) is 6.30. The average Bonchev–Trinajstić information content (AvgIpc) is 2.50. The van der Waals surface area contributed by atoms with Crippen molar-refractivity contribution in [2.45, 2.75) is 29.0 Å². The van der Waals surface area contributed by atoms with Gasteiger partial charge in [0.25, 0.3) is 0 Å². The Morgan fingerprint density at radius 1 is 1.24 bits per heavy atom. The molecular weight excluding hydrogens is 302 g/mol. The molecule has 0 aromatic heterocycles. The van der Waals surface area contributed by atoms with Gasteiger partial charge in [-0.2, -0.15) is 0 Å². The molecule has 1 aliphatic rings. The summed E-state index contributed by atoms with van der Waals surface area (Å²) >= 11 is 7.87. The highest BCUT2D eigenvalue weighted by molar-refractivity contribution is 8.00. The summed E-state index contributed by atoms with van der Waals surface area (Å²) < 4.78 is 5.32. The summed E-state index contributed by atoms with van der Waals surface area (Å²) in [6.07, 6.45) is 2.14. The molecule has 1 aliphatic carbocycles. The van der Waals surface area contributed by atoms with E-state index in [4.69, 9.17) is 22.1 Å². The van der Waals surface area contributed by atoms with Gasteiger partial charge in [-0.3, -0.25) is 0 Å². The van der Waals surface area contributed by atoms with Crippen molar-refractivity contribution in [2.75, 3.05) is 7.11 Å². The third-order valence-corrected chi connectivity index (χ3v) is 5.49. The van der Waals surface area contributed by atoms with Crippen LogP contribution in [0.4, 0.5) is 0 Å². The van der Waals surface area contributed by atoms with E-state index in [2.05, 4.69) is 18.2 Å². The van der Waals surface area contributed by atoms with E-state index in [1.165, 1.54) is 16.0 Å². The van der Waals surface area contributed by atoms with Crippen molar-refractivity contribution in [3.8, 4) is 5.75 Å². The Hall–Kier alpha value is -1.16. The summed E-state index contributed by atoms with van der Waals surface area (Å²) in [6, 6.07) is 14.2. The van der Waals surface area contributed by atoms with Crippen molar-refractivity contribution < 1.29 is 4.74 Å². The molecule has 0 bridgehead atoms. The third kappa shape index (κ3) is 3.20. The number of rotatable bonds is 3. The van der Waals surface area contributed by atoms with E-state index in [9.17, 15) is 0 Å². The highest BCUT2D eigenvalue weighted by atomic mass is 35.5. The number of fused-ring (bicyclic) bond motifs is 1. The van der Waals surface area contributed by atoms with Gasteiger partial charge in [-0.25, -0.2) is 0 Å². The number of ether oxygens (including phenoxy) is 1. The summed E-state index contributed by atoms with van der Waals surface area (Å²) in [5.41, 5.74) is 9.04. The minimum absolute atomic E-state index is 0.0211. The molecule has 21 heavy (non-hydrogen) atoms. The van der Waals surface area contributed by atoms with Crippen LogP contribution in [0.5, 0.6) is 5.75 Å². The zero-order chi connectivity index (χ0) is 14.8. The SMILES string of the molecule is COc1ccc2c(c1)C(N)C(Sc1cccc(Cl)c1)CC2. The minimum Gasteiger partial charge on any atom is -0.497 e. The van der Waals surface area contributed by atoms with Crippen LogP contribution in [0, 0.1) is 0 Å². The van der Waals surface area contributed by atoms with Crippen molar-refractivity contribution in [1.82, 2.24) is 0 Å². The van der Waals surface area contributed by atoms with Crippen LogP contribution in [0.3, 0.4) is 0 Å². The number of thioether (sulfide) groups is 1. The van der Waals surface area contributed by atoms with Gasteiger partial charge >= 0.3 is 0 Å². The van der Waals surface area contributed by atoms with Crippen LogP contribution in [0.2, 0.25) is 5.02 Å².